The second kappa shape index (κ2) is 4.53. The third kappa shape index (κ3) is 2.25. The molecule has 2 rings (SSSR count). The van der Waals surface area contributed by atoms with Crippen molar-refractivity contribution in [1.82, 2.24) is 14.6 Å². The van der Waals surface area contributed by atoms with E-state index in [1.54, 1.807) is 0 Å². The number of anilines is 1. The normalized spacial score (nSPS) is 19.7. The minimum Gasteiger partial charge on any atom is -0.384 e. The second-order valence-electron chi connectivity index (χ2n) is 4.86. The molecule has 9 heteroatoms. The van der Waals surface area contributed by atoms with Crippen molar-refractivity contribution in [3.8, 4) is 0 Å². The molecular weight excluding hydrogens is 284 g/mol. The molecule has 2 heterocycles. The fourth-order valence-electron chi connectivity index (χ4n) is 1.86. The van der Waals surface area contributed by atoms with E-state index in [9.17, 15) is 18.0 Å². The van der Waals surface area contributed by atoms with E-state index in [4.69, 9.17) is 5.73 Å². The summed E-state index contributed by atoms with van der Waals surface area (Å²) in [6.45, 7) is 2.43. The SMILES string of the molecule is CC1(C)C(=O)NC(=O)CN1S(=O)(=O)c1ccnc(N)c1. The number of sulfonamides is 1. The molecule has 8 nitrogen and oxygen atoms in total. The molecule has 1 fully saturated rings. The largest absolute Gasteiger partial charge is 0.384 e. The van der Waals surface area contributed by atoms with Gasteiger partial charge < -0.3 is 5.73 Å². The molecule has 3 N–H and O–H groups in total. The number of piperazine rings is 1. The Morgan fingerprint density at radius 3 is 2.65 bits per heavy atom. The summed E-state index contributed by atoms with van der Waals surface area (Å²) in [4.78, 5) is 26.9. The molecule has 1 saturated heterocycles. The van der Waals surface area contributed by atoms with Crippen LogP contribution in [0.15, 0.2) is 23.2 Å². The van der Waals surface area contributed by atoms with Crippen molar-refractivity contribution in [2.24, 2.45) is 0 Å². The van der Waals surface area contributed by atoms with Gasteiger partial charge in [0.25, 0.3) is 0 Å². The molecule has 0 saturated carbocycles. The molecule has 1 aromatic rings. The molecule has 1 aromatic heterocycles. The summed E-state index contributed by atoms with van der Waals surface area (Å²) >= 11 is 0. The number of pyridine rings is 1. The summed E-state index contributed by atoms with van der Waals surface area (Å²) in [5.74, 6) is -1.30. The topological polar surface area (TPSA) is 122 Å². The number of hydrogen-bond donors (Lipinski definition) is 2. The van der Waals surface area contributed by atoms with E-state index < -0.39 is 33.9 Å². The fraction of sp³-hybridized carbons (Fsp3) is 0.364. The lowest BCUT2D eigenvalue weighted by atomic mass is 10.0. The Bertz CT molecular complexity index is 683. The van der Waals surface area contributed by atoms with E-state index in [-0.39, 0.29) is 10.7 Å². The summed E-state index contributed by atoms with van der Waals surface area (Å²) in [6.07, 6.45) is 1.25. The molecule has 0 atom stereocenters. The minimum absolute atomic E-state index is 0.0386. The van der Waals surface area contributed by atoms with Crippen LogP contribution in [-0.4, -0.2) is 41.6 Å². The van der Waals surface area contributed by atoms with Gasteiger partial charge in [0.1, 0.15) is 11.4 Å². The highest BCUT2D eigenvalue weighted by molar-refractivity contribution is 7.89. The summed E-state index contributed by atoms with van der Waals surface area (Å²) in [5, 5.41) is 2.11. The highest BCUT2D eigenvalue weighted by Crippen LogP contribution is 2.27. The van der Waals surface area contributed by atoms with Gasteiger partial charge in [-0.1, -0.05) is 0 Å². The monoisotopic (exact) mass is 298 g/mol. The summed E-state index contributed by atoms with van der Waals surface area (Å²) in [5.41, 5.74) is 4.10. The Balaban J connectivity index is 2.52. The van der Waals surface area contributed by atoms with Crippen LogP contribution in [0.1, 0.15) is 13.8 Å². The van der Waals surface area contributed by atoms with Crippen LogP contribution >= 0.6 is 0 Å². The third-order valence-corrected chi connectivity index (χ3v) is 5.08. The van der Waals surface area contributed by atoms with Crippen LogP contribution in [-0.2, 0) is 19.6 Å². The number of nitrogens with zero attached hydrogens (tertiary/aromatic N) is 2. The summed E-state index contributed by atoms with van der Waals surface area (Å²) < 4.78 is 26.0. The Labute approximate surface area is 116 Å². The molecule has 0 aliphatic carbocycles. The number of amides is 2. The van der Waals surface area contributed by atoms with Gasteiger partial charge >= 0.3 is 0 Å². The molecule has 0 bridgehead atoms. The first kappa shape index (κ1) is 14.4. The van der Waals surface area contributed by atoms with Gasteiger partial charge in [-0.3, -0.25) is 14.9 Å². The van der Waals surface area contributed by atoms with Crippen molar-refractivity contribution in [3.63, 3.8) is 0 Å². The maximum Gasteiger partial charge on any atom is 0.247 e. The standard InChI is InChI=1S/C11H14N4O4S/c1-11(2)10(17)14-9(16)6-15(11)20(18,19)7-3-4-13-8(12)5-7/h3-5H,6H2,1-2H3,(H2,12,13)(H,14,16,17). The van der Waals surface area contributed by atoms with E-state index in [1.165, 1.54) is 32.2 Å². The summed E-state index contributed by atoms with van der Waals surface area (Å²) in [6, 6.07) is 2.45. The number of nitrogen functional groups attached to an aromatic ring is 1. The first-order valence-corrected chi connectivity index (χ1v) is 7.18. The average Bonchev–Trinajstić information content (AvgIpc) is 2.34. The molecule has 20 heavy (non-hydrogen) atoms. The number of nitrogens with two attached hydrogens (primary N) is 1. The molecule has 1 aliphatic rings. The van der Waals surface area contributed by atoms with Gasteiger partial charge in [0.05, 0.1) is 11.4 Å². The number of carbonyl (C=O) groups excluding carboxylic acids is 2. The van der Waals surface area contributed by atoms with E-state index in [2.05, 4.69) is 10.3 Å². The van der Waals surface area contributed by atoms with Gasteiger partial charge in [-0.25, -0.2) is 13.4 Å². The van der Waals surface area contributed by atoms with E-state index in [1.807, 2.05) is 0 Å². The molecule has 1 aliphatic heterocycles. The van der Waals surface area contributed by atoms with Crippen LogP contribution in [0.3, 0.4) is 0 Å². The molecular formula is C11H14N4O4S. The van der Waals surface area contributed by atoms with Crippen molar-refractivity contribution in [3.05, 3.63) is 18.3 Å². The van der Waals surface area contributed by atoms with Crippen LogP contribution in [0.2, 0.25) is 0 Å². The van der Waals surface area contributed by atoms with Crippen molar-refractivity contribution < 1.29 is 18.0 Å². The zero-order valence-corrected chi connectivity index (χ0v) is 11.8. The van der Waals surface area contributed by atoms with Crippen LogP contribution in [0, 0.1) is 0 Å². The number of aromatic nitrogens is 1. The molecule has 0 unspecified atom stereocenters. The minimum atomic E-state index is -4.03. The quantitative estimate of drug-likeness (QED) is 0.681. The highest BCUT2D eigenvalue weighted by atomic mass is 32.2. The lowest BCUT2D eigenvalue weighted by molar-refractivity contribution is -0.141. The number of imide groups is 1. The van der Waals surface area contributed by atoms with Crippen molar-refractivity contribution in [2.75, 3.05) is 12.3 Å². The third-order valence-electron chi connectivity index (χ3n) is 3.06. The molecule has 0 radical (unpaired) electrons. The van der Waals surface area contributed by atoms with E-state index >= 15 is 0 Å². The van der Waals surface area contributed by atoms with E-state index in [0.717, 1.165) is 4.31 Å². The first-order valence-electron chi connectivity index (χ1n) is 5.74. The van der Waals surface area contributed by atoms with Crippen molar-refractivity contribution >= 4 is 27.7 Å². The summed E-state index contributed by atoms with van der Waals surface area (Å²) in [7, 11) is -4.03. The van der Waals surface area contributed by atoms with Gasteiger partial charge in [0, 0.05) is 12.3 Å². The van der Waals surface area contributed by atoms with Gasteiger partial charge in [-0.15, -0.1) is 0 Å². The van der Waals surface area contributed by atoms with Gasteiger partial charge in [-0.05, 0) is 19.9 Å². The number of nitrogens with one attached hydrogen (secondary N) is 1. The van der Waals surface area contributed by atoms with Gasteiger partial charge in [0.2, 0.25) is 21.8 Å². The van der Waals surface area contributed by atoms with Crippen LogP contribution in [0.4, 0.5) is 5.82 Å². The Hall–Kier alpha value is -2.00. The van der Waals surface area contributed by atoms with Gasteiger partial charge in [0.15, 0.2) is 0 Å². The lowest BCUT2D eigenvalue weighted by Gasteiger charge is -2.38. The second-order valence-corrected chi connectivity index (χ2v) is 6.73. The molecule has 0 spiro atoms. The Morgan fingerprint density at radius 2 is 2.05 bits per heavy atom. The lowest BCUT2D eigenvalue weighted by Crippen LogP contribution is -2.65. The molecule has 0 aromatic carbocycles. The van der Waals surface area contributed by atoms with Crippen LogP contribution in [0.5, 0.6) is 0 Å². The average molecular weight is 298 g/mol. The van der Waals surface area contributed by atoms with Crippen LogP contribution in [0.25, 0.3) is 0 Å². The maximum absolute atomic E-state index is 12.6. The van der Waals surface area contributed by atoms with Crippen molar-refractivity contribution in [1.29, 1.82) is 0 Å². The van der Waals surface area contributed by atoms with Gasteiger partial charge in [-0.2, -0.15) is 4.31 Å². The first-order chi connectivity index (χ1) is 9.15. The Morgan fingerprint density at radius 1 is 1.40 bits per heavy atom. The smallest absolute Gasteiger partial charge is 0.247 e. The number of carbonyl (C=O) groups is 2. The molecule has 108 valence electrons. The van der Waals surface area contributed by atoms with Crippen LogP contribution < -0.4 is 11.1 Å². The van der Waals surface area contributed by atoms with Crippen molar-refractivity contribution in [2.45, 2.75) is 24.3 Å². The van der Waals surface area contributed by atoms with E-state index in [0.29, 0.717) is 0 Å². The fourth-order valence-corrected chi connectivity index (χ4v) is 3.59. The Kier molecular flexibility index (Phi) is 3.26. The number of rotatable bonds is 2. The predicted molar refractivity (Wildman–Crippen MR) is 69.8 cm³/mol. The zero-order chi connectivity index (χ0) is 15.1. The predicted octanol–water partition coefficient (Wildman–Crippen LogP) is -0.910. The highest BCUT2D eigenvalue weighted by Gasteiger charge is 2.47. The molecule has 2 amide bonds. The maximum atomic E-state index is 12.6. The zero-order valence-electron chi connectivity index (χ0n) is 11.0. The number of hydrogen-bond acceptors (Lipinski definition) is 6.